The minimum Gasteiger partial charge on any atom is -0.342 e. The molecule has 1 amide bonds. The number of likely N-dealkylation sites (tertiary alicyclic amines) is 1. The normalized spacial score (nSPS) is 19.4. The number of halogens is 3. The summed E-state index contributed by atoms with van der Waals surface area (Å²) in [4.78, 5) is 26.0. The van der Waals surface area contributed by atoms with Crippen LogP contribution < -0.4 is 5.56 Å². The van der Waals surface area contributed by atoms with Crippen LogP contribution in [0.25, 0.3) is 0 Å². The van der Waals surface area contributed by atoms with Crippen LogP contribution in [-0.4, -0.2) is 28.5 Å². The van der Waals surface area contributed by atoms with Gasteiger partial charge in [-0.2, -0.15) is 13.2 Å². The Labute approximate surface area is 139 Å². The van der Waals surface area contributed by atoms with Gasteiger partial charge in [0.25, 0.3) is 5.56 Å². The standard InChI is InChI=1S/C17H23F3N2O2/c1-16(2,3)15(24)21-8-4-5-12(9-21)10-22-11-13(17(18,19)20)6-7-14(22)23/h6-7,11-12H,4-5,8-10H2,1-3H3/t12-/m1/s1. The fraction of sp³-hybridized carbons (Fsp3) is 0.647. The lowest BCUT2D eigenvalue weighted by Gasteiger charge is -2.36. The predicted molar refractivity (Wildman–Crippen MR) is 84.5 cm³/mol. The number of carbonyl (C=O) groups excluding carboxylic acids is 1. The summed E-state index contributed by atoms with van der Waals surface area (Å²) in [5, 5.41) is 0. The number of carbonyl (C=O) groups is 1. The third-order valence-corrected chi connectivity index (χ3v) is 4.21. The van der Waals surface area contributed by atoms with Crippen molar-refractivity contribution >= 4 is 5.91 Å². The van der Waals surface area contributed by atoms with Gasteiger partial charge in [-0.15, -0.1) is 0 Å². The van der Waals surface area contributed by atoms with E-state index in [4.69, 9.17) is 0 Å². The Bertz CT molecular complexity index is 659. The van der Waals surface area contributed by atoms with Crippen molar-refractivity contribution in [2.45, 2.75) is 46.3 Å². The molecule has 0 bridgehead atoms. The number of pyridine rings is 1. The highest BCUT2D eigenvalue weighted by atomic mass is 19.4. The second-order valence-electron chi connectivity index (χ2n) is 7.42. The summed E-state index contributed by atoms with van der Waals surface area (Å²) in [5.74, 6) is 0.00910. The van der Waals surface area contributed by atoms with Gasteiger partial charge in [0.05, 0.1) is 5.56 Å². The Morgan fingerprint density at radius 1 is 1.25 bits per heavy atom. The summed E-state index contributed by atoms with van der Waals surface area (Å²) >= 11 is 0. The third kappa shape index (κ3) is 4.39. The van der Waals surface area contributed by atoms with Crippen LogP contribution in [0.1, 0.15) is 39.2 Å². The minimum atomic E-state index is -4.48. The van der Waals surface area contributed by atoms with Gasteiger partial charge in [-0.1, -0.05) is 20.8 Å². The van der Waals surface area contributed by atoms with Gasteiger partial charge in [0, 0.05) is 37.3 Å². The molecule has 1 aromatic heterocycles. The van der Waals surface area contributed by atoms with Crippen LogP contribution in [0, 0.1) is 11.3 Å². The Hall–Kier alpha value is -1.79. The topological polar surface area (TPSA) is 42.3 Å². The molecule has 134 valence electrons. The van der Waals surface area contributed by atoms with E-state index in [9.17, 15) is 22.8 Å². The molecule has 1 saturated heterocycles. The monoisotopic (exact) mass is 344 g/mol. The number of hydrogen-bond acceptors (Lipinski definition) is 2. The van der Waals surface area contributed by atoms with Gasteiger partial charge >= 0.3 is 6.18 Å². The van der Waals surface area contributed by atoms with Crippen molar-refractivity contribution < 1.29 is 18.0 Å². The molecule has 1 aliphatic heterocycles. The van der Waals surface area contributed by atoms with E-state index in [0.717, 1.165) is 35.7 Å². The molecule has 1 atom stereocenters. The van der Waals surface area contributed by atoms with Gasteiger partial charge in [-0.3, -0.25) is 9.59 Å². The largest absolute Gasteiger partial charge is 0.417 e. The maximum atomic E-state index is 12.8. The number of aromatic nitrogens is 1. The number of nitrogens with zero attached hydrogens (tertiary/aromatic N) is 2. The fourth-order valence-corrected chi connectivity index (χ4v) is 2.99. The number of piperidine rings is 1. The predicted octanol–water partition coefficient (Wildman–Crippen LogP) is 3.15. The van der Waals surface area contributed by atoms with Crippen LogP contribution in [0.15, 0.2) is 23.1 Å². The highest BCUT2D eigenvalue weighted by Crippen LogP contribution is 2.29. The van der Waals surface area contributed by atoms with Gasteiger partial charge in [0.2, 0.25) is 5.91 Å². The maximum Gasteiger partial charge on any atom is 0.417 e. The van der Waals surface area contributed by atoms with E-state index >= 15 is 0 Å². The van der Waals surface area contributed by atoms with Crippen molar-refractivity contribution in [3.63, 3.8) is 0 Å². The summed E-state index contributed by atoms with van der Waals surface area (Å²) in [6.07, 6.45) is -2.03. The maximum absolute atomic E-state index is 12.8. The quantitative estimate of drug-likeness (QED) is 0.827. The van der Waals surface area contributed by atoms with Crippen molar-refractivity contribution in [3.8, 4) is 0 Å². The first-order chi connectivity index (χ1) is 11.0. The summed E-state index contributed by atoms with van der Waals surface area (Å²) < 4.78 is 39.5. The van der Waals surface area contributed by atoms with E-state index in [-0.39, 0.29) is 18.4 Å². The second-order valence-corrected chi connectivity index (χ2v) is 7.42. The first-order valence-corrected chi connectivity index (χ1v) is 8.05. The highest BCUT2D eigenvalue weighted by molar-refractivity contribution is 5.81. The lowest BCUT2D eigenvalue weighted by molar-refractivity contribution is -0.141. The molecule has 0 aromatic carbocycles. The van der Waals surface area contributed by atoms with Crippen molar-refractivity contribution in [3.05, 3.63) is 34.2 Å². The van der Waals surface area contributed by atoms with Crippen LogP contribution in [0.3, 0.4) is 0 Å². The van der Waals surface area contributed by atoms with Crippen LogP contribution >= 0.6 is 0 Å². The van der Waals surface area contributed by atoms with Gasteiger partial charge in [0.15, 0.2) is 0 Å². The van der Waals surface area contributed by atoms with E-state index in [2.05, 4.69) is 0 Å². The van der Waals surface area contributed by atoms with Gasteiger partial charge in [-0.05, 0) is 24.8 Å². The number of alkyl halides is 3. The third-order valence-electron chi connectivity index (χ3n) is 4.21. The molecule has 0 saturated carbocycles. The van der Waals surface area contributed by atoms with Crippen LogP contribution in [0.5, 0.6) is 0 Å². The SMILES string of the molecule is CC(C)(C)C(=O)N1CCC[C@@H](Cn2cc(C(F)(F)F)ccc2=O)C1. The Morgan fingerprint density at radius 2 is 1.92 bits per heavy atom. The Morgan fingerprint density at radius 3 is 2.50 bits per heavy atom. The Kier molecular flexibility index (Phi) is 5.11. The van der Waals surface area contributed by atoms with Crippen molar-refractivity contribution in [2.24, 2.45) is 11.3 Å². The number of hydrogen-bond donors (Lipinski definition) is 0. The molecule has 1 aliphatic rings. The molecule has 0 unspecified atom stereocenters. The van der Waals surface area contributed by atoms with Crippen molar-refractivity contribution in [1.29, 1.82) is 0 Å². The summed E-state index contributed by atoms with van der Waals surface area (Å²) in [6.45, 7) is 6.85. The molecular weight excluding hydrogens is 321 g/mol. The smallest absolute Gasteiger partial charge is 0.342 e. The summed E-state index contributed by atoms with van der Waals surface area (Å²) in [6, 6.07) is 1.75. The van der Waals surface area contributed by atoms with E-state index in [1.807, 2.05) is 20.8 Å². The second kappa shape index (κ2) is 6.61. The first-order valence-electron chi connectivity index (χ1n) is 8.05. The summed E-state index contributed by atoms with van der Waals surface area (Å²) in [5.41, 5.74) is -1.78. The molecule has 0 N–H and O–H groups in total. The minimum absolute atomic E-state index is 0.0220. The molecule has 1 fully saturated rings. The number of rotatable bonds is 2. The van der Waals surface area contributed by atoms with E-state index in [1.165, 1.54) is 0 Å². The molecule has 24 heavy (non-hydrogen) atoms. The van der Waals surface area contributed by atoms with Crippen LogP contribution in [-0.2, 0) is 17.5 Å². The van der Waals surface area contributed by atoms with Gasteiger partial charge < -0.3 is 9.47 Å². The zero-order chi connectivity index (χ0) is 18.1. The number of amides is 1. The zero-order valence-electron chi connectivity index (χ0n) is 14.2. The molecule has 2 rings (SSSR count). The van der Waals surface area contributed by atoms with E-state index < -0.39 is 22.7 Å². The van der Waals surface area contributed by atoms with E-state index in [1.54, 1.807) is 4.90 Å². The molecule has 0 radical (unpaired) electrons. The molecule has 7 heteroatoms. The fourth-order valence-electron chi connectivity index (χ4n) is 2.99. The van der Waals surface area contributed by atoms with E-state index in [0.29, 0.717) is 13.1 Å². The average Bonchev–Trinajstić information content (AvgIpc) is 2.47. The lowest BCUT2D eigenvalue weighted by Crippen LogP contribution is -2.46. The highest BCUT2D eigenvalue weighted by Gasteiger charge is 2.33. The molecule has 1 aromatic rings. The lowest BCUT2D eigenvalue weighted by atomic mass is 9.91. The van der Waals surface area contributed by atoms with Gasteiger partial charge in [0.1, 0.15) is 0 Å². The first kappa shape index (κ1) is 18.5. The molecule has 0 spiro atoms. The van der Waals surface area contributed by atoms with Gasteiger partial charge in [-0.25, -0.2) is 0 Å². The molecule has 4 nitrogen and oxygen atoms in total. The molecular formula is C17H23F3N2O2. The average molecular weight is 344 g/mol. The summed E-state index contributed by atoms with van der Waals surface area (Å²) in [7, 11) is 0. The Balaban J connectivity index is 2.14. The van der Waals surface area contributed by atoms with Crippen molar-refractivity contribution in [2.75, 3.05) is 13.1 Å². The van der Waals surface area contributed by atoms with Crippen LogP contribution in [0.2, 0.25) is 0 Å². The van der Waals surface area contributed by atoms with Crippen LogP contribution in [0.4, 0.5) is 13.2 Å². The zero-order valence-corrected chi connectivity index (χ0v) is 14.2. The van der Waals surface area contributed by atoms with Crippen molar-refractivity contribution in [1.82, 2.24) is 9.47 Å². The molecule has 0 aliphatic carbocycles. The molecule has 2 heterocycles.